The van der Waals surface area contributed by atoms with E-state index >= 15 is 0 Å². The number of amides is 1. The highest BCUT2D eigenvalue weighted by molar-refractivity contribution is 6.04. The number of carbonyl (C=O) groups excluding carboxylic acids is 1. The summed E-state index contributed by atoms with van der Waals surface area (Å²) in [7, 11) is 0. The number of oxazole rings is 1. The number of carbonyl (C=O) groups is 1. The van der Waals surface area contributed by atoms with Crippen molar-refractivity contribution in [2.75, 3.05) is 11.1 Å². The molecule has 2 aromatic carbocycles. The fourth-order valence-electron chi connectivity index (χ4n) is 3.08. The van der Waals surface area contributed by atoms with Gasteiger partial charge in [-0.15, -0.1) is 0 Å². The molecule has 4 aromatic rings. The molecular formula is C23H20N4O2. The number of aromatic nitrogens is 2. The Morgan fingerprint density at radius 3 is 2.48 bits per heavy atom. The maximum absolute atomic E-state index is 12.4. The standard InChI is InChI=1S/C23H20N4O2/c1-14-3-6-16(7-4-14)22(28)27-20-10-9-18(21(24)26-20)19-13-17(8-5-15(19)2)23-25-11-12-29-23/h3-13H,1-2H3,(H3,24,26,27,28). The van der Waals surface area contributed by atoms with Crippen LogP contribution in [0.5, 0.6) is 0 Å². The highest BCUT2D eigenvalue weighted by Crippen LogP contribution is 2.32. The zero-order valence-electron chi connectivity index (χ0n) is 16.1. The van der Waals surface area contributed by atoms with Gasteiger partial charge >= 0.3 is 0 Å². The zero-order valence-corrected chi connectivity index (χ0v) is 16.1. The molecule has 0 aliphatic heterocycles. The Kier molecular flexibility index (Phi) is 4.83. The van der Waals surface area contributed by atoms with Crippen LogP contribution in [0, 0.1) is 13.8 Å². The average Bonchev–Trinajstić information content (AvgIpc) is 3.24. The summed E-state index contributed by atoms with van der Waals surface area (Å²) in [4.78, 5) is 21.0. The van der Waals surface area contributed by atoms with E-state index in [-0.39, 0.29) is 5.91 Å². The summed E-state index contributed by atoms with van der Waals surface area (Å²) in [5, 5.41) is 2.79. The lowest BCUT2D eigenvalue weighted by Crippen LogP contribution is -2.13. The monoisotopic (exact) mass is 384 g/mol. The average molecular weight is 384 g/mol. The molecule has 144 valence electrons. The molecule has 6 heteroatoms. The van der Waals surface area contributed by atoms with Gasteiger partial charge < -0.3 is 15.5 Å². The number of nitrogens with two attached hydrogens (primary N) is 1. The molecular weight excluding hydrogens is 364 g/mol. The second-order valence-electron chi connectivity index (χ2n) is 6.82. The number of hydrogen-bond acceptors (Lipinski definition) is 5. The van der Waals surface area contributed by atoms with Crippen LogP contribution in [0.1, 0.15) is 21.5 Å². The molecule has 3 N–H and O–H groups in total. The van der Waals surface area contributed by atoms with E-state index in [4.69, 9.17) is 10.2 Å². The smallest absolute Gasteiger partial charge is 0.256 e. The number of aryl methyl sites for hydroxylation is 2. The summed E-state index contributed by atoms with van der Waals surface area (Å²) in [5.41, 5.74) is 11.5. The van der Waals surface area contributed by atoms with Gasteiger partial charge in [-0.3, -0.25) is 4.79 Å². The minimum atomic E-state index is -0.230. The van der Waals surface area contributed by atoms with Gasteiger partial charge in [-0.05, 0) is 61.4 Å². The van der Waals surface area contributed by atoms with Gasteiger partial charge in [0.1, 0.15) is 17.9 Å². The molecule has 0 aliphatic carbocycles. The second kappa shape index (κ2) is 7.59. The van der Waals surface area contributed by atoms with Crippen molar-refractivity contribution >= 4 is 17.5 Å². The molecule has 6 nitrogen and oxygen atoms in total. The Morgan fingerprint density at radius 2 is 1.79 bits per heavy atom. The molecule has 0 radical (unpaired) electrons. The van der Waals surface area contributed by atoms with Crippen LogP contribution in [0.25, 0.3) is 22.6 Å². The molecule has 29 heavy (non-hydrogen) atoms. The highest BCUT2D eigenvalue weighted by atomic mass is 16.3. The highest BCUT2D eigenvalue weighted by Gasteiger charge is 2.13. The largest absolute Gasteiger partial charge is 0.445 e. The first-order valence-corrected chi connectivity index (χ1v) is 9.17. The Bertz CT molecular complexity index is 1170. The lowest BCUT2D eigenvalue weighted by Gasteiger charge is -2.12. The molecule has 2 aromatic heterocycles. The lowest BCUT2D eigenvalue weighted by molar-refractivity contribution is 0.102. The van der Waals surface area contributed by atoms with E-state index in [9.17, 15) is 4.79 Å². The molecule has 0 aliphatic rings. The third-order valence-corrected chi connectivity index (χ3v) is 4.69. The number of benzene rings is 2. The Labute approximate surface area is 168 Å². The van der Waals surface area contributed by atoms with Gasteiger partial charge in [0.05, 0.1) is 6.20 Å². The van der Waals surface area contributed by atoms with Gasteiger partial charge in [0.2, 0.25) is 5.89 Å². The summed E-state index contributed by atoms with van der Waals surface area (Å²) < 4.78 is 5.39. The fourth-order valence-corrected chi connectivity index (χ4v) is 3.08. The molecule has 0 saturated heterocycles. The molecule has 0 spiro atoms. The predicted molar refractivity (Wildman–Crippen MR) is 113 cm³/mol. The predicted octanol–water partition coefficient (Wildman–Crippen LogP) is 4.85. The number of rotatable bonds is 4. The molecule has 0 saturated carbocycles. The van der Waals surface area contributed by atoms with Crippen LogP contribution in [-0.4, -0.2) is 15.9 Å². The molecule has 4 rings (SSSR count). The second-order valence-corrected chi connectivity index (χ2v) is 6.82. The van der Waals surface area contributed by atoms with E-state index < -0.39 is 0 Å². The van der Waals surface area contributed by atoms with Crippen LogP contribution in [-0.2, 0) is 0 Å². The molecule has 0 fully saturated rings. The van der Waals surface area contributed by atoms with E-state index in [2.05, 4.69) is 15.3 Å². The van der Waals surface area contributed by atoms with Crippen LogP contribution in [0.15, 0.2) is 71.5 Å². The van der Waals surface area contributed by atoms with Crippen molar-refractivity contribution in [3.63, 3.8) is 0 Å². The van der Waals surface area contributed by atoms with Crippen molar-refractivity contribution in [3.05, 3.63) is 83.7 Å². The third-order valence-electron chi connectivity index (χ3n) is 4.69. The zero-order chi connectivity index (χ0) is 20.4. The van der Waals surface area contributed by atoms with Crippen molar-refractivity contribution < 1.29 is 9.21 Å². The molecule has 2 heterocycles. The molecule has 0 unspecified atom stereocenters. The molecule has 0 bridgehead atoms. The van der Waals surface area contributed by atoms with E-state index in [1.165, 1.54) is 6.26 Å². The van der Waals surface area contributed by atoms with Crippen LogP contribution < -0.4 is 11.1 Å². The van der Waals surface area contributed by atoms with Crippen LogP contribution in [0.2, 0.25) is 0 Å². The van der Waals surface area contributed by atoms with Crippen LogP contribution in [0.3, 0.4) is 0 Å². The van der Waals surface area contributed by atoms with Gasteiger partial charge in [0.25, 0.3) is 5.91 Å². The number of nitrogens with zero attached hydrogens (tertiary/aromatic N) is 2. The third kappa shape index (κ3) is 3.87. The Hall–Kier alpha value is -3.93. The van der Waals surface area contributed by atoms with Gasteiger partial charge in [0.15, 0.2) is 0 Å². The summed E-state index contributed by atoms with van der Waals surface area (Å²) in [6.07, 6.45) is 3.15. The van der Waals surface area contributed by atoms with Crippen molar-refractivity contribution in [2.24, 2.45) is 0 Å². The SMILES string of the molecule is Cc1ccc(C(=O)Nc2ccc(-c3cc(-c4ncco4)ccc3C)c(N)n2)cc1. The van der Waals surface area contributed by atoms with Crippen molar-refractivity contribution in [3.8, 4) is 22.6 Å². The van der Waals surface area contributed by atoms with Crippen molar-refractivity contribution in [1.29, 1.82) is 0 Å². The van der Waals surface area contributed by atoms with Gasteiger partial charge in [0, 0.05) is 16.7 Å². The first kappa shape index (κ1) is 18.4. The summed E-state index contributed by atoms with van der Waals surface area (Å²) in [6, 6.07) is 16.8. The topological polar surface area (TPSA) is 94.0 Å². The van der Waals surface area contributed by atoms with Gasteiger partial charge in [-0.2, -0.15) is 0 Å². The molecule has 0 atom stereocenters. The van der Waals surface area contributed by atoms with Crippen molar-refractivity contribution in [1.82, 2.24) is 9.97 Å². The molecule has 1 amide bonds. The number of nitrogen functional groups attached to an aromatic ring is 1. The fraction of sp³-hybridized carbons (Fsp3) is 0.0870. The number of pyridine rings is 1. The van der Waals surface area contributed by atoms with Gasteiger partial charge in [-0.25, -0.2) is 9.97 Å². The summed E-state index contributed by atoms with van der Waals surface area (Å²) in [5.74, 6) is 1.05. The van der Waals surface area contributed by atoms with Crippen LogP contribution in [0.4, 0.5) is 11.6 Å². The normalized spacial score (nSPS) is 10.7. The number of anilines is 2. The minimum absolute atomic E-state index is 0.230. The van der Waals surface area contributed by atoms with E-state index in [1.54, 1.807) is 24.4 Å². The summed E-state index contributed by atoms with van der Waals surface area (Å²) in [6.45, 7) is 3.97. The Balaban J connectivity index is 1.61. The maximum Gasteiger partial charge on any atom is 0.256 e. The Morgan fingerprint density at radius 1 is 1.00 bits per heavy atom. The minimum Gasteiger partial charge on any atom is -0.445 e. The first-order valence-electron chi connectivity index (χ1n) is 9.17. The quantitative estimate of drug-likeness (QED) is 0.524. The maximum atomic E-state index is 12.4. The van der Waals surface area contributed by atoms with Gasteiger partial charge in [-0.1, -0.05) is 23.8 Å². The van der Waals surface area contributed by atoms with E-state index in [1.807, 2.05) is 50.2 Å². The van der Waals surface area contributed by atoms with Crippen molar-refractivity contribution in [2.45, 2.75) is 13.8 Å². The van der Waals surface area contributed by atoms with E-state index in [0.29, 0.717) is 23.1 Å². The number of hydrogen-bond donors (Lipinski definition) is 2. The number of nitrogens with one attached hydrogen (secondary N) is 1. The summed E-state index contributed by atoms with van der Waals surface area (Å²) >= 11 is 0. The van der Waals surface area contributed by atoms with E-state index in [0.717, 1.165) is 27.8 Å². The first-order chi connectivity index (χ1) is 14.0. The lowest BCUT2D eigenvalue weighted by atomic mass is 9.98. The van der Waals surface area contributed by atoms with Crippen LogP contribution >= 0.6 is 0 Å².